The van der Waals surface area contributed by atoms with Crippen LogP contribution in [-0.2, 0) is 14.3 Å². The van der Waals surface area contributed by atoms with Crippen LogP contribution in [0.2, 0.25) is 0 Å². The Hall–Kier alpha value is -2.73. The number of hydrogen-bond donors (Lipinski definition) is 1. The number of aromatic nitrogens is 2. The number of halogens is 4. The summed E-state index contributed by atoms with van der Waals surface area (Å²) in [6.45, 7) is 2.10. The first-order valence-corrected chi connectivity index (χ1v) is 11.0. The Morgan fingerprint density at radius 3 is 2.56 bits per heavy atom. The van der Waals surface area contributed by atoms with Crippen molar-refractivity contribution in [1.82, 2.24) is 15.5 Å². The fraction of sp³-hybridized carbons (Fsp3) is 0.591. The summed E-state index contributed by atoms with van der Waals surface area (Å²) in [7, 11) is 0. The van der Waals surface area contributed by atoms with Crippen LogP contribution < -0.4 is 10.1 Å². The monoisotopic (exact) mass is 485 g/mol. The molecule has 1 aliphatic heterocycles. The summed E-state index contributed by atoms with van der Waals surface area (Å²) < 4.78 is 70.9. The lowest BCUT2D eigenvalue weighted by atomic mass is 9.82. The van der Waals surface area contributed by atoms with Crippen LogP contribution in [0.1, 0.15) is 43.6 Å². The van der Waals surface area contributed by atoms with Crippen molar-refractivity contribution in [2.24, 2.45) is 17.8 Å². The lowest BCUT2D eigenvalue weighted by molar-refractivity contribution is -0.352. The topological polar surface area (TPSA) is 95.7 Å². The van der Waals surface area contributed by atoms with Crippen LogP contribution in [0.3, 0.4) is 0 Å². The van der Waals surface area contributed by atoms with E-state index in [2.05, 4.69) is 20.3 Å². The third-order valence-corrected chi connectivity index (χ3v) is 6.76. The lowest BCUT2D eigenvalue weighted by Gasteiger charge is -2.32. The molecule has 5 rings (SSSR count). The van der Waals surface area contributed by atoms with E-state index in [0.717, 1.165) is 0 Å². The number of rotatable bonds is 7. The van der Waals surface area contributed by atoms with Gasteiger partial charge in [0.1, 0.15) is 17.7 Å². The number of alkyl halides is 3. The Morgan fingerprint density at radius 2 is 1.85 bits per heavy atom. The smallest absolute Gasteiger partial charge is 0.484 e. The first-order chi connectivity index (χ1) is 16.2. The number of ether oxygens (including phenoxy) is 3. The van der Waals surface area contributed by atoms with Gasteiger partial charge in [-0.3, -0.25) is 9.53 Å². The Balaban J connectivity index is 1.11. The Labute approximate surface area is 191 Å². The molecule has 0 spiro atoms. The molecule has 1 saturated heterocycles. The van der Waals surface area contributed by atoms with Gasteiger partial charge in [-0.2, -0.15) is 0 Å². The summed E-state index contributed by atoms with van der Waals surface area (Å²) in [6, 6.07) is 5.20. The molecule has 2 aliphatic carbocycles. The minimum atomic E-state index is -4.65. The largest absolute Gasteiger partial charge is 0.522 e. The molecule has 184 valence electrons. The number of benzene rings is 1. The highest BCUT2D eigenvalue weighted by molar-refractivity contribution is 5.78. The molecule has 5 atom stereocenters. The summed E-state index contributed by atoms with van der Waals surface area (Å²) in [5.41, 5.74) is 0. The van der Waals surface area contributed by atoms with Crippen molar-refractivity contribution >= 4 is 5.91 Å². The Bertz CT molecular complexity index is 1020. The molecule has 12 heteroatoms. The van der Waals surface area contributed by atoms with Gasteiger partial charge in [0.15, 0.2) is 6.61 Å². The number of amides is 1. The molecule has 8 nitrogen and oxygen atoms in total. The van der Waals surface area contributed by atoms with Crippen LogP contribution in [0.25, 0.3) is 0 Å². The van der Waals surface area contributed by atoms with Crippen LogP contribution in [0.15, 0.2) is 28.7 Å². The molecule has 0 bridgehead atoms. The lowest BCUT2D eigenvalue weighted by Crippen LogP contribution is -2.45. The molecule has 3 aliphatic rings. The van der Waals surface area contributed by atoms with Gasteiger partial charge in [-0.15, -0.1) is 23.4 Å². The maximum atomic E-state index is 13.0. The summed E-state index contributed by atoms with van der Waals surface area (Å²) in [4.78, 5) is 12.3. The molecular formula is C22H23F4N3O5. The van der Waals surface area contributed by atoms with Gasteiger partial charge in [-0.1, -0.05) is 6.92 Å². The predicted octanol–water partition coefficient (Wildman–Crippen LogP) is 3.51. The van der Waals surface area contributed by atoms with Gasteiger partial charge in [0.2, 0.25) is 11.8 Å². The van der Waals surface area contributed by atoms with Crippen molar-refractivity contribution in [3.8, 4) is 5.75 Å². The second kappa shape index (κ2) is 8.81. The number of fused-ring (bicyclic) bond motifs is 1. The SMILES string of the molecule is C[C@H]1[C@@H]2[C@H]1[C@H](c1nnc(C3CC(OC(F)(F)F)C3)o1)OC[C@H]2NC(=O)COc1ccc(F)cc1. The second-order valence-electron chi connectivity index (χ2n) is 9.02. The third kappa shape index (κ3) is 4.88. The van der Waals surface area contributed by atoms with E-state index >= 15 is 0 Å². The number of nitrogens with one attached hydrogen (secondary N) is 1. The van der Waals surface area contributed by atoms with Gasteiger partial charge in [0.05, 0.1) is 18.8 Å². The molecule has 0 radical (unpaired) electrons. The van der Waals surface area contributed by atoms with Gasteiger partial charge >= 0.3 is 6.36 Å². The van der Waals surface area contributed by atoms with Crippen LogP contribution in [0.4, 0.5) is 17.6 Å². The van der Waals surface area contributed by atoms with E-state index < -0.39 is 18.6 Å². The predicted molar refractivity (Wildman–Crippen MR) is 106 cm³/mol. The fourth-order valence-corrected chi connectivity index (χ4v) is 4.95. The fourth-order valence-electron chi connectivity index (χ4n) is 4.95. The highest BCUT2D eigenvalue weighted by Gasteiger charge is 2.60. The standard InChI is InChI=1S/C22H23F4N3O5/c1-10-17-15(27-16(30)9-31-13-4-2-12(23)3-5-13)8-32-19(18(10)17)21-29-28-20(33-21)11-6-14(7-11)34-22(24,25)26/h2-5,10-11,14-15,17-19H,6-9H2,1H3,(H,27,30)/t10-,11?,14?,15+,17-,18-,19+/m0/s1. The van der Waals surface area contributed by atoms with Gasteiger partial charge in [0, 0.05) is 11.8 Å². The number of carbonyl (C=O) groups excluding carboxylic acids is 1. The molecule has 1 amide bonds. The first kappa shape index (κ1) is 23.0. The number of nitrogens with zero attached hydrogens (tertiary/aromatic N) is 2. The van der Waals surface area contributed by atoms with E-state index in [0.29, 0.717) is 17.5 Å². The van der Waals surface area contributed by atoms with E-state index in [4.69, 9.17) is 13.9 Å². The molecular weight excluding hydrogens is 462 g/mol. The Kier molecular flexibility index (Phi) is 5.96. The van der Waals surface area contributed by atoms with Gasteiger partial charge in [-0.25, -0.2) is 4.39 Å². The molecule has 1 N–H and O–H groups in total. The average molecular weight is 485 g/mol. The van der Waals surface area contributed by atoms with Crippen molar-refractivity contribution in [2.75, 3.05) is 13.2 Å². The molecule has 0 unspecified atom stereocenters. The quantitative estimate of drug-likeness (QED) is 0.600. The third-order valence-electron chi connectivity index (χ3n) is 6.76. The summed E-state index contributed by atoms with van der Waals surface area (Å²) >= 11 is 0. The van der Waals surface area contributed by atoms with Crippen molar-refractivity contribution in [2.45, 2.75) is 50.3 Å². The molecule has 2 heterocycles. The van der Waals surface area contributed by atoms with E-state index in [1.54, 1.807) is 0 Å². The zero-order valence-electron chi connectivity index (χ0n) is 18.1. The van der Waals surface area contributed by atoms with Crippen LogP contribution >= 0.6 is 0 Å². The summed E-state index contributed by atoms with van der Waals surface area (Å²) in [5, 5.41) is 11.0. The highest BCUT2D eigenvalue weighted by Crippen LogP contribution is 2.58. The Morgan fingerprint density at radius 1 is 1.15 bits per heavy atom. The molecule has 1 aromatic carbocycles. The average Bonchev–Trinajstić information content (AvgIpc) is 3.20. The summed E-state index contributed by atoms with van der Waals surface area (Å²) in [5.74, 6) is 0.513. The first-order valence-electron chi connectivity index (χ1n) is 11.0. The van der Waals surface area contributed by atoms with Gasteiger partial charge < -0.3 is 19.2 Å². The molecule has 3 fully saturated rings. The molecule has 2 aromatic rings. The van der Waals surface area contributed by atoms with Crippen molar-refractivity contribution in [3.63, 3.8) is 0 Å². The van der Waals surface area contributed by atoms with Crippen molar-refractivity contribution in [3.05, 3.63) is 41.9 Å². The van der Waals surface area contributed by atoms with E-state index in [9.17, 15) is 22.4 Å². The van der Waals surface area contributed by atoms with E-state index in [1.165, 1.54) is 24.3 Å². The van der Waals surface area contributed by atoms with Crippen LogP contribution in [0, 0.1) is 23.6 Å². The van der Waals surface area contributed by atoms with Crippen LogP contribution in [-0.4, -0.2) is 47.8 Å². The second-order valence-corrected chi connectivity index (χ2v) is 9.02. The summed E-state index contributed by atoms with van der Waals surface area (Å²) in [6.07, 6.45) is -5.63. The zero-order chi connectivity index (χ0) is 24.0. The van der Waals surface area contributed by atoms with E-state index in [1.807, 2.05) is 6.92 Å². The van der Waals surface area contributed by atoms with Crippen molar-refractivity contribution in [1.29, 1.82) is 0 Å². The normalized spacial score (nSPS) is 32.4. The van der Waals surface area contributed by atoms with Gasteiger partial charge in [-0.05, 0) is 48.9 Å². The molecule has 34 heavy (non-hydrogen) atoms. The zero-order valence-corrected chi connectivity index (χ0v) is 18.1. The molecule has 1 aromatic heterocycles. The minimum absolute atomic E-state index is 0.0769. The van der Waals surface area contributed by atoms with Crippen LogP contribution in [0.5, 0.6) is 5.75 Å². The maximum absolute atomic E-state index is 13.0. The number of hydrogen-bond acceptors (Lipinski definition) is 7. The van der Waals surface area contributed by atoms with Gasteiger partial charge in [0.25, 0.3) is 5.91 Å². The van der Waals surface area contributed by atoms with E-state index in [-0.39, 0.29) is 67.5 Å². The maximum Gasteiger partial charge on any atom is 0.522 e. The molecule has 2 saturated carbocycles. The highest BCUT2D eigenvalue weighted by atomic mass is 19.4. The number of carbonyl (C=O) groups is 1. The van der Waals surface area contributed by atoms with Crippen molar-refractivity contribution < 1.29 is 41.0 Å². The minimum Gasteiger partial charge on any atom is -0.484 e.